The Hall–Kier alpha value is -2.86. The topological polar surface area (TPSA) is 67.7 Å². The number of hydrogen-bond acceptors (Lipinski definition) is 4. The number of likely N-dealkylation sites (N-methyl/N-ethyl adjacent to an activating group) is 1. The lowest BCUT2D eigenvalue weighted by molar-refractivity contribution is 0.0950. The average Bonchev–Trinajstić information content (AvgIpc) is 3.06. The predicted octanol–water partition coefficient (Wildman–Crippen LogP) is 2.56. The number of aryl methyl sites for hydroxylation is 1. The summed E-state index contributed by atoms with van der Waals surface area (Å²) in [5.74, 6) is 0.618. The number of rotatable bonds is 7. The highest BCUT2D eigenvalue weighted by Crippen LogP contribution is 2.15. The molecule has 1 amide bonds. The molecular formula is C20H24N4O2. The SMILES string of the molecule is CNC(C)CNC(=O)c1ccc(OCc2cn3cc(C)ccc3n2)cc1. The van der Waals surface area contributed by atoms with Crippen LogP contribution in [0.5, 0.6) is 5.75 Å². The van der Waals surface area contributed by atoms with Gasteiger partial charge in [0.1, 0.15) is 18.0 Å². The second-order valence-corrected chi connectivity index (χ2v) is 6.42. The summed E-state index contributed by atoms with van der Waals surface area (Å²) >= 11 is 0. The molecule has 3 aromatic rings. The second kappa shape index (κ2) is 8.01. The first-order valence-corrected chi connectivity index (χ1v) is 8.67. The predicted molar refractivity (Wildman–Crippen MR) is 102 cm³/mol. The minimum absolute atomic E-state index is 0.0885. The average molecular weight is 352 g/mol. The van der Waals surface area contributed by atoms with Crippen LogP contribution in [-0.2, 0) is 6.61 Å². The Balaban J connectivity index is 1.57. The first-order chi connectivity index (χ1) is 12.5. The molecule has 6 nitrogen and oxygen atoms in total. The number of fused-ring (bicyclic) bond motifs is 1. The molecule has 136 valence electrons. The van der Waals surface area contributed by atoms with E-state index in [0.717, 1.165) is 11.3 Å². The summed E-state index contributed by atoms with van der Waals surface area (Å²) in [6.07, 6.45) is 4.00. The highest BCUT2D eigenvalue weighted by molar-refractivity contribution is 5.94. The number of pyridine rings is 1. The summed E-state index contributed by atoms with van der Waals surface area (Å²) in [4.78, 5) is 16.6. The minimum atomic E-state index is -0.0885. The fourth-order valence-electron chi connectivity index (χ4n) is 2.53. The van der Waals surface area contributed by atoms with E-state index in [1.54, 1.807) is 24.3 Å². The van der Waals surface area contributed by atoms with Crippen LogP contribution in [-0.4, -0.2) is 34.9 Å². The Labute approximate surface area is 153 Å². The number of aromatic nitrogens is 2. The summed E-state index contributed by atoms with van der Waals surface area (Å²) in [5.41, 5.74) is 3.56. The van der Waals surface area contributed by atoms with Crippen LogP contribution in [0.25, 0.3) is 5.65 Å². The summed E-state index contributed by atoms with van der Waals surface area (Å²) in [5, 5.41) is 5.97. The van der Waals surface area contributed by atoms with Crippen molar-refractivity contribution in [2.75, 3.05) is 13.6 Å². The molecule has 2 N–H and O–H groups in total. The number of hydrogen-bond donors (Lipinski definition) is 2. The molecule has 2 heterocycles. The lowest BCUT2D eigenvalue weighted by Crippen LogP contribution is -2.37. The van der Waals surface area contributed by atoms with Crippen molar-refractivity contribution in [3.05, 3.63) is 65.6 Å². The number of nitrogens with one attached hydrogen (secondary N) is 2. The third-order valence-corrected chi connectivity index (χ3v) is 4.21. The highest BCUT2D eigenvalue weighted by atomic mass is 16.5. The van der Waals surface area contributed by atoms with Crippen LogP contribution in [0.3, 0.4) is 0 Å². The monoisotopic (exact) mass is 352 g/mol. The minimum Gasteiger partial charge on any atom is -0.487 e. The normalized spacial score (nSPS) is 12.1. The van der Waals surface area contributed by atoms with E-state index in [-0.39, 0.29) is 11.9 Å². The Morgan fingerprint density at radius 3 is 2.69 bits per heavy atom. The molecular weight excluding hydrogens is 328 g/mol. The van der Waals surface area contributed by atoms with Gasteiger partial charge in [0.25, 0.3) is 5.91 Å². The van der Waals surface area contributed by atoms with Gasteiger partial charge in [-0.1, -0.05) is 6.07 Å². The zero-order valence-electron chi connectivity index (χ0n) is 15.3. The molecule has 1 unspecified atom stereocenters. The molecule has 0 spiro atoms. The van der Waals surface area contributed by atoms with Gasteiger partial charge in [0.15, 0.2) is 0 Å². The lowest BCUT2D eigenvalue weighted by atomic mass is 10.2. The van der Waals surface area contributed by atoms with Gasteiger partial charge in [0.2, 0.25) is 0 Å². The number of carbonyl (C=O) groups excluding carboxylic acids is 1. The van der Waals surface area contributed by atoms with Crippen LogP contribution < -0.4 is 15.4 Å². The molecule has 0 aliphatic carbocycles. The highest BCUT2D eigenvalue weighted by Gasteiger charge is 2.08. The van der Waals surface area contributed by atoms with Crippen molar-refractivity contribution < 1.29 is 9.53 Å². The third kappa shape index (κ3) is 4.40. The largest absolute Gasteiger partial charge is 0.487 e. The molecule has 2 aromatic heterocycles. The molecule has 0 aliphatic heterocycles. The molecule has 0 fully saturated rings. The molecule has 3 rings (SSSR count). The van der Waals surface area contributed by atoms with E-state index in [9.17, 15) is 4.79 Å². The van der Waals surface area contributed by atoms with E-state index in [4.69, 9.17) is 4.74 Å². The lowest BCUT2D eigenvalue weighted by Gasteiger charge is -2.11. The van der Waals surface area contributed by atoms with Crippen molar-refractivity contribution in [1.29, 1.82) is 0 Å². The van der Waals surface area contributed by atoms with E-state index < -0.39 is 0 Å². The third-order valence-electron chi connectivity index (χ3n) is 4.21. The zero-order chi connectivity index (χ0) is 18.5. The Morgan fingerprint density at radius 1 is 1.19 bits per heavy atom. The van der Waals surface area contributed by atoms with Gasteiger partial charge < -0.3 is 19.8 Å². The summed E-state index contributed by atoms with van der Waals surface area (Å²) in [7, 11) is 1.87. The first-order valence-electron chi connectivity index (χ1n) is 8.67. The van der Waals surface area contributed by atoms with E-state index in [0.29, 0.717) is 24.5 Å². The molecule has 0 bridgehead atoms. The smallest absolute Gasteiger partial charge is 0.251 e. The molecule has 0 saturated heterocycles. The number of amides is 1. The van der Waals surface area contributed by atoms with Crippen molar-refractivity contribution in [3.63, 3.8) is 0 Å². The second-order valence-electron chi connectivity index (χ2n) is 6.42. The number of ether oxygens (including phenoxy) is 1. The molecule has 0 radical (unpaired) electrons. The van der Waals surface area contributed by atoms with E-state index in [1.807, 2.05) is 49.8 Å². The van der Waals surface area contributed by atoms with Crippen LogP contribution in [0.2, 0.25) is 0 Å². The van der Waals surface area contributed by atoms with Crippen molar-refractivity contribution in [2.45, 2.75) is 26.5 Å². The number of carbonyl (C=O) groups is 1. The summed E-state index contributed by atoms with van der Waals surface area (Å²) < 4.78 is 7.78. The molecule has 0 aliphatic rings. The van der Waals surface area contributed by atoms with Gasteiger partial charge in [0.05, 0.1) is 5.69 Å². The van der Waals surface area contributed by atoms with E-state index in [2.05, 4.69) is 15.6 Å². The Bertz CT molecular complexity index is 886. The van der Waals surface area contributed by atoms with Gasteiger partial charge in [-0.2, -0.15) is 0 Å². The molecule has 6 heteroatoms. The number of nitrogens with zero attached hydrogens (tertiary/aromatic N) is 2. The van der Waals surface area contributed by atoms with E-state index >= 15 is 0 Å². The van der Waals surface area contributed by atoms with Crippen LogP contribution in [0, 0.1) is 6.92 Å². The fraction of sp³-hybridized carbons (Fsp3) is 0.300. The van der Waals surface area contributed by atoms with Gasteiger partial charge >= 0.3 is 0 Å². The zero-order valence-corrected chi connectivity index (χ0v) is 15.3. The van der Waals surface area contributed by atoms with Crippen molar-refractivity contribution in [2.24, 2.45) is 0 Å². The summed E-state index contributed by atoms with van der Waals surface area (Å²) in [6, 6.07) is 11.4. The van der Waals surface area contributed by atoms with Crippen molar-refractivity contribution in [3.8, 4) is 5.75 Å². The van der Waals surface area contributed by atoms with Crippen LogP contribution in [0.1, 0.15) is 28.5 Å². The maximum Gasteiger partial charge on any atom is 0.251 e. The number of imidazole rings is 1. The van der Waals surface area contributed by atoms with Crippen molar-refractivity contribution in [1.82, 2.24) is 20.0 Å². The Kier molecular flexibility index (Phi) is 5.53. The maximum atomic E-state index is 12.1. The van der Waals surface area contributed by atoms with Gasteiger partial charge in [-0.3, -0.25) is 4.79 Å². The van der Waals surface area contributed by atoms with Crippen LogP contribution in [0.15, 0.2) is 48.8 Å². The van der Waals surface area contributed by atoms with E-state index in [1.165, 1.54) is 5.56 Å². The van der Waals surface area contributed by atoms with Gasteiger partial charge in [-0.05, 0) is 56.8 Å². The number of benzene rings is 1. The summed E-state index contributed by atoms with van der Waals surface area (Å²) in [6.45, 7) is 5.03. The molecule has 1 aromatic carbocycles. The van der Waals surface area contributed by atoms with Gasteiger partial charge in [-0.15, -0.1) is 0 Å². The maximum absolute atomic E-state index is 12.1. The Morgan fingerprint density at radius 2 is 1.96 bits per heavy atom. The molecule has 26 heavy (non-hydrogen) atoms. The molecule has 1 atom stereocenters. The standard InChI is InChI=1S/C20H24N4O2/c1-14-4-9-19-23-17(12-24(19)11-14)13-26-18-7-5-16(6-8-18)20(25)22-10-15(2)21-3/h4-9,11-12,15,21H,10,13H2,1-3H3,(H,22,25). The van der Waals surface area contributed by atoms with Gasteiger partial charge in [-0.25, -0.2) is 4.98 Å². The van der Waals surface area contributed by atoms with Crippen LogP contribution in [0.4, 0.5) is 0 Å². The quantitative estimate of drug-likeness (QED) is 0.686. The first kappa shape index (κ1) is 17.9. The van der Waals surface area contributed by atoms with Gasteiger partial charge in [0, 0.05) is 30.5 Å². The van der Waals surface area contributed by atoms with Crippen molar-refractivity contribution >= 4 is 11.6 Å². The molecule has 0 saturated carbocycles. The fourth-order valence-corrected chi connectivity index (χ4v) is 2.53. The van der Waals surface area contributed by atoms with Crippen LogP contribution >= 0.6 is 0 Å².